The van der Waals surface area contributed by atoms with Crippen LogP contribution in [0, 0.1) is 0 Å². The van der Waals surface area contributed by atoms with Crippen LogP contribution in [0.1, 0.15) is 0 Å². The number of benzene rings is 2. The van der Waals surface area contributed by atoms with Gasteiger partial charge >= 0.3 is 0 Å². The predicted octanol–water partition coefficient (Wildman–Crippen LogP) is 7.94. The fourth-order valence-corrected chi connectivity index (χ4v) is 3.58. The van der Waals surface area contributed by atoms with Gasteiger partial charge in [0.15, 0.2) is 5.75 Å². The Bertz CT molecular complexity index is 698. The van der Waals surface area contributed by atoms with Gasteiger partial charge in [-0.05, 0) is 12.1 Å². The second-order valence-corrected chi connectivity index (χ2v) is 6.64. The molecule has 0 aliphatic rings. The summed E-state index contributed by atoms with van der Waals surface area (Å²) >= 11 is 42.9. The number of halogens is 7. The smallest absolute Gasteiger partial charge is 0.159 e. The normalized spacial score (nSPS) is 10.9. The van der Waals surface area contributed by atoms with Gasteiger partial charge in [-0.25, -0.2) is 0 Å². The maximum absolute atomic E-state index is 6.26. The molecule has 0 saturated carbocycles. The number of methoxy groups -OCH3 is 1. The molecule has 0 amide bonds. The fourth-order valence-electron chi connectivity index (χ4n) is 1.74. The zero-order valence-corrected chi connectivity index (χ0v) is 15.5. The van der Waals surface area contributed by atoms with Crippen LogP contribution in [0.25, 0.3) is 11.1 Å². The maximum atomic E-state index is 6.26. The summed E-state index contributed by atoms with van der Waals surface area (Å²) in [5.74, 6) is 0.188. The average Bonchev–Trinajstić information content (AvgIpc) is 2.43. The predicted molar refractivity (Wildman–Crippen MR) is 93.5 cm³/mol. The average molecular weight is 425 g/mol. The first-order valence-electron chi connectivity index (χ1n) is 5.34. The Labute approximate surface area is 156 Å². The van der Waals surface area contributed by atoms with Crippen LogP contribution >= 0.6 is 81.2 Å². The summed E-state index contributed by atoms with van der Waals surface area (Å²) in [5, 5.41) is 1.49. The van der Waals surface area contributed by atoms with E-state index < -0.39 is 0 Å². The third-order valence-electron chi connectivity index (χ3n) is 2.71. The quantitative estimate of drug-likeness (QED) is 0.444. The molecule has 0 saturated heterocycles. The monoisotopic (exact) mass is 422 g/mol. The first-order chi connectivity index (χ1) is 9.79. The summed E-state index contributed by atoms with van der Waals surface area (Å²) in [5.41, 5.74) is 0.824. The van der Waals surface area contributed by atoms with Crippen molar-refractivity contribution >= 4 is 81.2 Å². The molecule has 0 aromatic heterocycles. The van der Waals surface area contributed by atoms with E-state index in [1.54, 1.807) is 6.07 Å². The molecule has 2 aromatic rings. The summed E-state index contributed by atoms with van der Waals surface area (Å²) in [7, 11) is 1.41. The van der Waals surface area contributed by atoms with Crippen molar-refractivity contribution in [1.82, 2.24) is 0 Å². The van der Waals surface area contributed by atoms with Gasteiger partial charge in [0, 0.05) is 11.1 Å². The molecule has 1 nitrogen and oxygen atoms in total. The van der Waals surface area contributed by atoms with Crippen LogP contribution in [-0.2, 0) is 0 Å². The Morgan fingerprint density at radius 2 is 1.14 bits per heavy atom. The standard InChI is InChI=1S/C13H5Cl7O/c1-21-13-11(19)9(17)8(10(18)12(13)20)4-2-6(15)7(16)3-5(4)14/h2-3H,1H3. The van der Waals surface area contributed by atoms with E-state index >= 15 is 0 Å². The summed E-state index contributed by atoms with van der Waals surface area (Å²) in [6, 6.07) is 3.03. The van der Waals surface area contributed by atoms with E-state index in [4.69, 9.17) is 85.9 Å². The van der Waals surface area contributed by atoms with Crippen LogP contribution in [0.5, 0.6) is 5.75 Å². The number of rotatable bonds is 2. The van der Waals surface area contributed by atoms with Gasteiger partial charge in [-0.1, -0.05) is 81.2 Å². The lowest BCUT2D eigenvalue weighted by atomic mass is 10.0. The molecule has 0 N–H and O–H groups in total. The molecule has 0 fully saturated rings. The Hall–Kier alpha value is 0.270. The second-order valence-electron chi connectivity index (χ2n) is 3.91. The minimum atomic E-state index is 0.130. The molecule has 2 rings (SSSR count). The highest BCUT2D eigenvalue weighted by Crippen LogP contribution is 2.51. The summed E-state index contributed by atoms with van der Waals surface area (Å²) in [6.07, 6.45) is 0. The van der Waals surface area contributed by atoms with E-state index in [-0.39, 0.29) is 25.8 Å². The largest absolute Gasteiger partial charge is 0.494 e. The lowest BCUT2D eigenvalue weighted by Gasteiger charge is -2.16. The van der Waals surface area contributed by atoms with Crippen LogP contribution in [-0.4, -0.2) is 7.11 Å². The van der Waals surface area contributed by atoms with Crippen molar-refractivity contribution in [3.8, 4) is 16.9 Å². The molecule has 0 radical (unpaired) electrons. The van der Waals surface area contributed by atoms with Crippen molar-refractivity contribution in [2.75, 3.05) is 7.11 Å². The van der Waals surface area contributed by atoms with Crippen molar-refractivity contribution in [1.29, 1.82) is 0 Å². The van der Waals surface area contributed by atoms with Crippen LogP contribution < -0.4 is 4.74 Å². The van der Waals surface area contributed by atoms with Crippen molar-refractivity contribution in [3.05, 3.63) is 47.3 Å². The van der Waals surface area contributed by atoms with Crippen molar-refractivity contribution < 1.29 is 4.74 Å². The van der Waals surface area contributed by atoms with Gasteiger partial charge in [-0.15, -0.1) is 0 Å². The molecule has 0 unspecified atom stereocenters. The van der Waals surface area contributed by atoms with Crippen LogP contribution in [0.3, 0.4) is 0 Å². The van der Waals surface area contributed by atoms with Gasteiger partial charge in [0.05, 0.1) is 32.2 Å². The molecule has 8 heteroatoms. The van der Waals surface area contributed by atoms with Gasteiger partial charge in [0.1, 0.15) is 10.0 Å². The molecule has 112 valence electrons. The molecule has 21 heavy (non-hydrogen) atoms. The molecule has 0 bridgehead atoms. The molecule has 0 aliphatic heterocycles. The first kappa shape index (κ1) is 17.6. The van der Waals surface area contributed by atoms with E-state index in [0.29, 0.717) is 26.2 Å². The van der Waals surface area contributed by atoms with Crippen molar-refractivity contribution in [2.45, 2.75) is 0 Å². The Morgan fingerprint density at radius 1 is 0.667 bits per heavy atom. The topological polar surface area (TPSA) is 9.23 Å². The fraction of sp³-hybridized carbons (Fsp3) is 0.0769. The summed E-state index contributed by atoms with van der Waals surface area (Å²) < 4.78 is 5.09. The summed E-state index contributed by atoms with van der Waals surface area (Å²) in [6.45, 7) is 0. The van der Waals surface area contributed by atoms with Crippen molar-refractivity contribution in [3.63, 3.8) is 0 Å². The SMILES string of the molecule is COc1c(Cl)c(Cl)c(-c2cc(Cl)c(Cl)cc2Cl)c(Cl)c1Cl. The van der Waals surface area contributed by atoms with Crippen LogP contribution in [0.4, 0.5) is 0 Å². The molecule has 0 aliphatic carbocycles. The zero-order chi connectivity index (χ0) is 15.9. The first-order valence-corrected chi connectivity index (χ1v) is 7.99. The molecule has 0 atom stereocenters. The molecule has 0 spiro atoms. The van der Waals surface area contributed by atoms with Gasteiger partial charge in [0.25, 0.3) is 0 Å². The van der Waals surface area contributed by atoms with Crippen molar-refractivity contribution in [2.24, 2.45) is 0 Å². The second kappa shape index (κ2) is 6.80. The number of hydrogen-bond donors (Lipinski definition) is 0. The lowest BCUT2D eigenvalue weighted by molar-refractivity contribution is 0.415. The van der Waals surface area contributed by atoms with Gasteiger partial charge in [0.2, 0.25) is 0 Å². The minimum absolute atomic E-state index is 0.130. The van der Waals surface area contributed by atoms with Crippen LogP contribution in [0.2, 0.25) is 35.2 Å². The Morgan fingerprint density at radius 3 is 1.62 bits per heavy atom. The Kier molecular flexibility index (Phi) is 5.71. The highest BCUT2D eigenvalue weighted by atomic mass is 35.5. The van der Waals surface area contributed by atoms with Gasteiger partial charge < -0.3 is 4.74 Å². The number of hydrogen-bond acceptors (Lipinski definition) is 1. The van der Waals surface area contributed by atoms with Gasteiger partial charge in [-0.2, -0.15) is 0 Å². The van der Waals surface area contributed by atoms with E-state index in [1.165, 1.54) is 13.2 Å². The summed E-state index contributed by atoms with van der Waals surface area (Å²) in [4.78, 5) is 0. The Balaban J connectivity index is 2.85. The molecular formula is C13H5Cl7O. The van der Waals surface area contributed by atoms with E-state index in [1.807, 2.05) is 0 Å². The van der Waals surface area contributed by atoms with Crippen LogP contribution in [0.15, 0.2) is 12.1 Å². The highest BCUT2D eigenvalue weighted by molar-refractivity contribution is 6.52. The zero-order valence-electron chi connectivity index (χ0n) is 10.2. The van der Waals surface area contributed by atoms with E-state index in [9.17, 15) is 0 Å². The number of ether oxygens (including phenoxy) is 1. The van der Waals surface area contributed by atoms with E-state index in [0.717, 1.165) is 0 Å². The molecular weight excluding hydrogens is 420 g/mol. The third-order valence-corrected chi connectivity index (χ3v) is 5.41. The third kappa shape index (κ3) is 3.16. The van der Waals surface area contributed by atoms with Gasteiger partial charge in [-0.3, -0.25) is 0 Å². The maximum Gasteiger partial charge on any atom is 0.159 e. The van der Waals surface area contributed by atoms with E-state index in [2.05, 4.69) is 0 Å². The lowest BCUT2D eigenvalue weighted by Crippen LogP contribution is -1.92. The highest BCUT2D eigenvalue weighted by Gasteiger charge is 2.24. The minimum Gasteiger partial charge on any atom is -0.494 e. The molecule has 0 heterocycles. The molecule has 2 aromatic carbocycles.